The number of carbonyl (C=O) groups is 2. The number of anilines is 1. The number of benzene rings is 2. The summed E-state index contributed by atoms with van der Waals surface area (Å²) in [5.41, 5.74) is 0.697. The van der Waals surface area contributed by atoms with Crippen LogP contribution in [0.3, 0.4) is 0 Å². The molecule has 1 amide bonds. The molecule has 4 nitrogen and oxygen atoms in total. The highest BCUT2D eigenvalue weighted by Gasteiger charge is 2.09. The third kappa shape index (κ3) is 3.16. The predicted molar refractivity (Wildman–Crippen MR) is 67.8 cm³/mol. The van der Waals surface area contributed by atoms with Crippen molar-refractivity contribution >= 4 is 17.6 Å². The van der Waals surface area contributed by atoms with E-state index in [0.717, 1.165) is 0 Å². The molecule has 0 spiro atoms. The first kappa shape index (κ1) is 12.8. The van der Waals surface area contributed by atoms with Crippen LogP contribution in [-0.4, -0.2) is 17.0 Å². The molecular formula is C14H10FNO3. The molecular weight excluding hydrogens is 249 g/mol. The molecule has 96 valence electrons. The molecule has 5 heteroatoms. The lowest BCUT2D eigenvalue weighted by atomic mass is 10.1. The highest BCUT2D eigenvalue weighted by molar-refractivity contribution is 6.05. The van der Waals surface area contributed by atoms with E-state index in [0.29, 0.717) is 5.69 Å². The summed E-state index contributed by atoms with van der Waals surface area (Å²) in [7, 11) is 0. The van der Waals surface area contributed by atoms with Gasteiger partial charge in [-0.25, -0.2) is 9.18 Å². The van der Waals surface area contributed by atoms with Gasteiger partial charge >= 0.3 is 5.97 Å². The number of nitrogens with one attached hydrogen (secondary N) is 1. The Balaban J connectivity index is 2.18. The van der Waals surface area contributed by atoms with Crippen LogP contribution in [0.2, 0.25) is 0 Å². The minimum Gasteiger partial charge on any atom is -0.478 e. The lowest BCUT2D eigenvalue weighted by Gasteiger charge is -2.05. The monoisotopic (exact) mass is 259 g/mol. The molecule has 0 radical (unpaired) electrons. The molecule has 0 saturated carbocycles. The van der Waals surface area contributed by atoms with Crippen molar-refractivity contribution in [2.75, 3.05) is 5.32 Å². The van der Waals surface area contributed by atoms with Gasteiger partial charge in [-0.3, -0.25) is 4.79 Å². The Bertz CT molecular complexity index is 623. The van der Waals surface area contributed by atoms with E-state index in [-0.39, 0.29) is 11.1 Å². The first-order valence-electron chi connectivity index (χ1n) is 5.46. The normalized spacial score (nSPS) is 9.95. The summed E-state index contributed by atoms with van der Waals surface area (Å²) in [6, 6.07) is 11.0. The first-order chi connectivity index (χ1) is 9.06. The Hall–Kier alpha value is -2.69. The molecule has 0 fully saturated rings. The fourth-order valence-corrected chi connectivity index (χ4v) is 1.53. The fraction of sp³-hybridized carbons (Fsp3) is 0. The summed E-state index contributed by atoms with van der Waals surface area (Å²) in [5, 5.41) is 11.4. The number of aromatic carboxylic acids is 1. The average molecular weight is 259 g/mol. The van der Waals surface area contributed by atoms with Crippen LogP contribution in [0.5, 0.6) is 0 Å². The average Bonchev–Trinajstić information content (AvgIpc) is 2.41. The number of hydrogen-bond acceptors (Lipinski definition) is 2. The van der Waals surface area contributed by atoms with Gasteiger partial charge in [0.25, 0.3) is 5.91 Å². The van der Waals surface area contributed by atoms with E-state index in [1.807, 2.05) is 0 Å². The zero-order valence-electron chi connectivity index (χ0n) is 9.76. The van der Waals surface area contributed by atoms with Gasteiger partial charge in [0.2, 0.25) is 0 Å². The van der Waals surface area contributed by atoms with Crippen LogP contribution in [0.1, 0.15) is 20.7 Å². The number of carboxylic acids is 1. The first-order valence-corrected chi connectivity index (χ1v) is 5.46. The van der Waals surface area contributed by atoms with Crippen molar-refractivity contribution in [3.8, 4) is 0 Å². The Morgan fingerprint density at radius 1 is 1.00 bits per heavy atom. The quantitative estimate of drug-likeness (QED) is 0.890. The van der Waals surface area contributed by atoms with Gasteiger partial charge in [0, 0.05) is 11.3 Å². The van der Waals surface area contributed by atoms with Gasteiger partial charge in [0.15, 0.2) is 0 Å². The van der Waals surface area contributed by atoms with Crippen LogP contribution in [0.4, 0.5) is 10.1 Å². The predicted octanol–water partition coefficient (Wildman–Crippen LogP) is 2.78. The molecule has 2 aromatic rings. The van der Waals surface area contributed by atoms with Crippen molar-refractivity contribution in [3.05, 3.63) is 65.5 Å². The number of carbonyl (C=O) groups excluding carboxylic acids is 1. The van der Waals surface area contributed by atoms with E-state index in [1.165, 1.54) is 48.5 Å². The topological polar surface area (TPSA) is 66.4 Å². The number of hydrogen-bond donors (Lipinski definition) is 2. The molecule has 0 aliphatic heterocycles. The number of carboxylic acid groups (broad SMARTS) is 1. The van der Waals surface area contributed by atoms with Crippen LogP contribution in [0.25, 0.3) is 0 Å². The molecule has 19 heavy (non-hydrogen) atoms. The highest BCUT2D eigenvalue weighted by atomic mass is 19.1. The van der Waals surface area contributed by atoms with Crippen LogP contribution in [-0.2, 0) is 0 Å². The van der Waals surface area contributed by atoms with Crippen molar-refractivity contribution < 1.29 is 19.1 Å². The number of amides is 1. The van der Waals surface area contributed by atoms with Crippen molar-refractivity contribution in [2.24, 2.45) is 0 Å². The van der Waals surface area contributed by atoms with Crippen LogP contribution in [0, 0.1) is 5.82 Å². The van der Waals surface area contributed by atoms with E-state index in [4.69, 9.17) is 5.11 Å². The molecule has 2 rings (SSSR count). The smallest absolute Gasteiger partial charge is 0.335 e. The third-order valence-electron chi connectivity index (χ3n) is 2.47. The summed E-state index contributed by atoms with van der Waals surface area (Å²) in [4.78, 5) is 22.7. The lowest BCUT2D eigenvalue weighted by molar-refractivity contribution is 0.0697. The summed E-state index contributed by atoms with van der Waals surface area (Å²) in [6.07, 6.45) is 0. The summed E-state index contributed by atoms with van der Waals surface area (Å²) < 4.78 is 12.7. The maximum Gasteiger partial charge on any atom is 0.335 e. The summed E-state index contributed by atoms with van der Waals surface area (Å²) in [5.74, 6) is -1.95. The largest absolute Gasteiger partial charge is 0.478 e. The lowest BCUT2D eigenvalue weighted by Crippen LogP contribution is -2.12. The molecule has 0 unspecified atom stereocenters. The van der Waals surface area contributed by atoms with Gasteiger partial charge in [-0.05, 0) is 42.5 Å². The van der Waals surface area contributed by atoms with E-state index in [1.54, 1.807) is 0 Å². The zero-order chi connectivity index (χ0) is 13.8. The molecule has 0 bridgehead atoms. The van der Waals surface area contributed by atoms with Crippen LogP contribution < -0.4 is 5.32 Å². The fourth-order valence-electron chi connectivity index (χ4n) is 1.53. The second-order valence-electron chi connectivity index (χ2n) is 3.85. The second-order valence-corrected chi connectivity index (χ2v) is 3.85. The van der Waals surface area contributed by atoms with Gasteiger partial charge in [-0.15, -0.1) is 0 Å². The van der Waals surface area contributed by atoms with Gasteiger partial charge in [0.05, 0.1) is 5.56 Å². The Morgan fingerprint density at radius 3 is 2.26 bits per heavy atom. The summed E-state index contributed by atoms with van der Waals surface area (Å²) >= 11 is 0. The second kappa shape index (κ2) is 5.30. The summed E-state index contributed by atoms with van der Waals surface area (Å²) in [6.45, 7) is 0. The van der Waals surface area contributed by atoms with Crippen molar-refractivity contribution in [1.29, 1.82) is 0 Å². The van der Waals surface area contributed by atoms with Crippen LogP contribution in [0.15, 0.2) is 48.5 Å². The molecule has 0 aliphatic rings. The van der Waals surface area contributed by atoms with Gasteiger partial charge in [-0.1, -0.05) is 6.07 Å². The van der Waals surface area contributed by atoms with Crippen molar-refractivity contribution in [3.63, 3.8) is 0 Å². The number of halogens is 1. The molecule has 2 N–H and O–H groups in total. The van der Waals surface area contributed by atoms with E-state index >= 15 is 0 Å². The molecule has 0 aromatic heterocycles. The van der Waals surface area contributed by atoms with Crippen LogP contribution >= 0.6 is 0 Å². The minimum atomic E-state index is -1.10. The maximum absolute atomic E-state index is 12.7. The third-order valence-corrected chi connectivity index (χ3v) is 2.47. The van der Waals surface area contributed by atoms with Gasteiger partial charge in [-0.2, -0.15) is 0 Å². The van der Waals surface area contributed by atoms with E-state index in [2.05, 4.69) is 5.32 Å². The maximum atomic E-state index is 12.7. The Morgan fingerprint density at radius 2 is 1.63 bits per heavy atom. The number of rotatable bonds is 3. The molecule has 0 aliphatic carbocycles. The SMILES string of the molecule is O=C(O)c1cccc(C(=O)Nc2ccc(F)cc2)c1. The molecule has 0 atom stereocenters. The van der Waals surface area contributed by atoms with Gasteiger partial charge in [0.1, 0.15) is 5.82 Å². The van der Waals surface area contributed by atoms with Crippen molar-refractivity contribution in [1.82, 2.24) is 0 Å². The molecule has 2 aromatic carbocycles. The zero-order valence-corrected chi connectivity index (χ0v) is 9.76. The molecule has 0 heterocycles. The van der Waals surface area contributed by atoms with Crippen molar-refractivity contribution in [2.45, 2.75) is 0 Å². The van der Waals surface area contributed by atoms with Gasteiger partial charge < -0.3 is 10.4 Å². The minimum absolute atomic E-state index is 0.0340. The Labute approximate surface area is 108 Å². The van der Waals surface area contributed by atoms with E-state index in [9.17, 15) is 14.0 Å². The molecule has 0 saturated heterocycles. The Kier molecular flexibility index (Phi) is 3.56. The van der Waals surface area contributed by atoms with E-state index < -0.39 is 17.7 Å². The standard InChI is InChI=1S/C14H10FNO3/c15-11-4-6-12(7-5-11)16-13(17)9-2-1-3-10(8-9)14(18)19/h1-8H,(H,16,17)(H,18,19). The highest BCUT2D eigenvalue weighted by Crippen LogP contribution is 2.11.